The van der Waals surface area contributed by atoms with Crippen LogP contribution in [0.3, 0.4) is 0 Å². The fraction of sp³-hybridized carbons (Fsp3) is 0.600. The van der Waals surface area contributed by atoms with Crippen molar-refractivity contribution >= 4 is 15.7 Å². The van der Waals surface area contributed by atoms with Gasteiger partial charge in [0.05, 0.1) is 16.2 Å². The van der Waals surface area contributed by atoms with Crippen LogP contribution in [0.1, 0.15) is 64.7 Å². The Kier molecular flexibility index (Phi) is 5.26. The number of amides is 1. The lowest BCUT2D eigenvalue weighted by Crippen LogP contribution is -2.55. The molecule has 0 aromatic heterocycles. The molecule has 5 nitrogen and oxygen atoms in total. The van der Waals surface area contributed by atoms with Gasteiger partial charge in [-0.15, -0.1) is 0 Å². The van der Waals surface area contributed by atoms with Crippen molar-refractivity contribution in [3.63, 3.8) is 0 Å². The van der Waals surface area contributed by atoms with E-state index in [-0.39, 0.29) is 16.7 Å². The number of benzene rings is 1. The lowest BCUT2D eigenvalue weighted by Gasteiger charge is -2.45. The number of hydrogen-bond acceptors (Lipinski definition) is 4. The van der Waals surface area contributed by atoms with Crippen LogP contribution >= 0.6 is 0 Å². The number of sulfone groups is 1. The molecule has 1 aromatic rings. The smallest absolute Gasteiger partial charge is 0.254 e. The molecule has 0 unspecified atom stereocenters. The van der Waals surface area contributed by atoms with Gasteiger partial charge in [0, 0.05) is 22.6 Å². The summed E-state index contributed by atoms with van der Waals surface area (Å²) in [6, 6.07) is 8.39. The minimum absolute atomic E-state index is 0.160. The lowest BCUT2D eigenvalue weighted by atomic mass is 9.86. The summed E-state index contributed by atoms with van der Waals surface area (Å²) in [6.07, 6.45) is 0.736. The zero-order valence-corrected chi connectivity index (χ0v) is 17.2. The molecule has 0 saturated heterocycles. The van der Waals surface area contributed by atoms with Gasteiger partial charge in [-0.05, 0) is 72.6 Å². The molecule has 0 heterocycles. The van der Waals surface area contributed by atoms with E-state index in [0.29, 0.717) is 18.4 Å². The second-order valence-corrected chi connectivity index (χ2v) is 11.2. The average molecular weight is 377 g/mol. The number of hydrogen-bond donors (Lipinski definition) is 0. The van der Waals surface area contributed by atoms with E-state index >= 15 is 0 Å². The molecular formula is C20H28N2O3S. The standard InChI is InChI=1S/C20H28N2O3S/c1-19(2,3)22(20(4,5)6)18(23)15-8-7-9-16(12-15)26(24,25)17-10-14(11-17)13-21/h7-9,12,14,17H,10-11H2,1-6H3. The number of rotatable bonds is 3. The van der Waals surface area contributed by atoms with Gasteiger partial charge in [0.15, 0.2) is 9.84 Å². The van der Waals surface area contributed by atoms with Crippen molar-refractivity contribution in [2.45, 2.75) is 75.6 Å². The van der Waals surface area contributed by atoms with Crippen LogP contribution in [0.15, 0.2) is 29.2 Å². The normalized spacial score (nSPS) is 20.8. The fourth-order valence-corrected chi connectivity index (χ4v) is 5.58. The van der Waals surface area contributed by atoms with Crippen molar-refractivity contribution in [3.05, 3.63) is 29.8 Å². The first-order valence-electron chi connectivity index (χ1n) is 8.86. The number of nitrogens with zero attached hydrogens (tertiary/aromatic N) is 2. The zero-order valence-electron chi connectivity index (χ0n) is 16.4. The summed E-state index contributed by atoms with van der Waals surface area (Å²) in [6.45, 7) is 11.8. The maximum Gasteiger partial charge on any atom is 0.254 e. The molecule has 6 heteroatoms. The van der Waals surface area contributed by atoms with E-state index in [1.54, 1.807) is 17.0 Å². The van der Waals surface area contributed by atoms with Gasteiger partial charge in [-0.2, -0.15) is 5.26 Å². The first-order chi connectivity index (χ1) is 11.8. The Hall–Kier alpha value is -1.87. The van der Waals surface area contributed by atoms with Crippen molar-refractivity contribution in [2.75, 3.05) is 0 Å². The SMILES string of the molecule is CC(C)(C)N(C(=O)c1cccc(S(=O)(=O)C2CC(C#N)C2)c1)C(C)(C)C. The Labute approximate surface area is 156 Å². The van der Waals surface area contributed by atoms with Crippen molar-refractivity contribution in [1.29, 1.82) is 5.26 Å². The zero-order chi connectivity index (χ0) is 19.9. The third kappa shape index (κ3) is 3.93. The Balaban J connectivity index is 2.37. The van der Waals surface area contributed by atoms with Crippen LogP contribution < -0.4 is 0 Å². The fourth-order valence-electron chi connectivity index (χ4n) is 3.67. The lowest BCUT2D eigenvalue weighted by molar-refractivity contribution is 0.0270. The van der Waals surface area contributed by atoms with Crippen LogP contribution in [0.5, 0.6) is 0 Å². The Morgan fingerprint density at radius 1 is 1.12 bits per heavy atom. The van der Waals surface area contributed by atoms with Crippen LogP contribution in [0, 0.1) is 17.2 Å². The molecule has 1 aliphatic carbocycles. The van der Waals surface area contributed by atoms with Gasteiger partial charge in [-0.1, -0.05) is 6.07 Å². The highest BCUT2D eigenvalue weighted by atomic mass is 32.2. The van der Waals surface area contributed by atoms with Gasteiger partial charge in [-0.25, -0.2) is 8.42 Å². The number of nitriles is 1. The van der Waals surface area contributed by atoms with Gasteiger partial charge < -0.3 is 4.90 Å². The van der Waals surface area contributed by atoms with Gasteiger partial charge in [0.1, 0.15) is 0 Å². The molecule has 0 aliphatic heterocycles. The van der Waals surface area contributed by atoms with E-state index in [0.717, 1.165) is 0 Å². The molecule has 0 radical (unpaired) electrons. The monoisotopic (exact) mass is 376 g/mol. The molecule has 0 spiro atoms. The third-order valence-corrected chi connectivity index (χ3v) is 6.84. The Morgan fingerprint density at radius 2 is 1.65 bits per heavy atom. The molecule has 26 heavy (non-hydrogen) atoms. The third-order valence-electron chi connectivity index (χ3n) is 4.67. The largest absolute Gasteiger partial charge is 0.329 e. The van der Waals surface area contributed by atoms with E-state index in [2.05, 4.69) is 6.07 Å². The first kappa shape index (κ1) is 20.4. The predicted octanol–water partition coefficient (Wildman–Crippen LogP) is 3.80. The molecular weight excluding hydrogens is 348 g/mol. The Bertz CT molecular complexity index is 819. The predicted molar refractivity (Wildman–Crippen MR) is 101 cm³/mol. The summed E-state index contributed by atoms with van der Waals surface area (Å²) in [5.41, 5.74) is -0.441. The van der Waals surface area contributed by atoms with Crippen molar-refractivity contribution in [2.24, 2.45) is 5.92 Å². The number of carbonyl (C=O) groups excluding carboxylic acids is 1. The molecule has 0 N–H and O–H groups in total. The van der Waals surface area contributed by atoms with Crippen molar-refractivity contribution in [1.82, 2.24) is 4.90 Å². The molecule has 0 bridgehead atoms. The van der Waals surface area contributed by atoms with E-state index < -0.39 is 26.2 Å². The molecule has 1 amide bonds. The van der Waals surface area contributed by atoms with Crippen LogP contribution in [0.25, 0.3) is 0 Å². The van der Waals surface area contributed by atoms with Crippen molar-refractivity contribution < 1.29 is 13.2 Å². The van der Waals surface area contributed by atoms with Crippen LogP contribution in [-0.2, 0) is 9.84 Å². The van der Waals surface area contributed by atoms with E-state index in [1.165, 1.54) is 12.1 Å². The van der Waals surface area contributed by atoms with E-state index in [9.17, 15) is 13.2 Å². The van der Waals surface area contributed by atoms with Crippen molar-refractivity contribution in [3.8, 4) is 6.07 Å². The van der Waals surface area contributed by atoms with Crippen LogP contribution in [0.4, 0.5) is 0 Å². The highest BCUT2D eigenvalue weighted by molar-refractivity contribution is 7.92. The van der Waals surface area contributed by atoms with E-state index in [4.69, 9.17) is 5.26 Å². The maximum atomic E-state index is 13.2. The van der Waals surface area contributed by atoms with Gasteiger partial charge >= 0.3 is 0 Å². The Morgan fingerprint density at radius 3 is 2.12 bits per heavy atom. The quantitative estimate of drug-likeness (QED) is 0.804. The maximum absolute atomic E-state index is 13.2. The minimum Gasteiger partial charge on any atom is -0.329 e. The second kappa shape index (κ2) is 6.70. The van der Waals surface area contributed by atoms with Gasteiger partial charge in [0.25, 0.3) is 5.91 Å². The van der Waals surface area contributed by atoms with Crippen LogP contribution in [-0.4, -0.2) is 35.6 Å². The summed E-state index contributed by atoms with van der Waals surface area (Å²) in [5.74, 6) is -0.373. The van der Waals surface area contributed by atoms with E-state index in [1.807, 2.05) is 41.5 Å². The minimum atomic E-state index is -3.52. The highest BCUT2D eigenvalue weighted by Crippen LogP contribution is 2.36. The molecule has 2 rings (SSSR count). The summed E-state index contributed by atoms with van der Waals surface area (Å²) in [7, 11) is -3.52. The summed E-state index contributed by atoms with van der Waals surface area (Å²) in [4.78, 5) is 15.1. The van der Waals surface area contributed by atoms with Crippen LogP contribution in [0.2, 0.25) is 0 Å². The average Bonchev–Trinajstić information content (AvgIpc) is 2.43. The number of carbonyl (C=O) groups is 1. The summed E-state index contributed by atoms with van der Waals surface area (Å²) in [5, 5.41) is 8.35. The summed E-state index contributed by atoms with van der Waals surface area (Å²) < 4.78 is 25.6. The van der Waals surface area contributed by atoms with Gasteiger partial charge in [-0.3, -0.25) is 4.79 Å². The molecule has 1 saturated carbocycles. The molecule has 1 aromatic carbocycles. The first-order valence-corrected chi connectivity index (χ1v) is 10.4. The molecule has 1 aliphatic rings. The highest BCUT2D eigenvalue weighted by Gasteiger charge is 2.40. The molecule has 142 valence electrons. The molecule has 0 atom stereocenters. The summed E-state index contributed by atoms with van der Waals surface area (Å²) >= 11 is 0. The topological polar surface area (TPSA) is 78.2 Å². The molecule has 1 fully saturated rings. The van der Waals surface area contributed by atoms with Gasteiger partial charge in [0.2, 0.25) is 0 Å². The second-order valence-electron chi connectivity index (χ2n) is 8.97.